The van der Waals surface area contributed by atoms with E-state index in [1.807, 2.05) is 0 Å². The Hall–Kier alpha value is -5.22. The van der Waals surface area contributed by atoms with Gasteiger partial charge in [0.05, 0.1) is 22.7 Å². The number of hydrogen-bond donors (Lipinski definition) is 4. The maximum absolute atomic E-state index is 3.79. The Morgan fingerprint density at radius 1 is 0.275 bits per heavy atom. The van der Waals surface area contributed by atoms with Gasteiger partial charge in [0.15, 0.2) is 0 Å². The van der Waals surface area contributed by atoms with Gasteiger partial charge in [0, 0.05) is 21.5 Å². The minimum absolute atomic E-state index is 0.00726. The molecule has 4 nitrogen and oxygen atoms in total. The predicted molar refractivity (Wildman–Crippen MR) is 169 cm³/mol. The summed E-state index contributed by atoms with van der Waals surface area (Å²) in [7, 11) is 0. The molecule has 0 spiro atoms. The van der Waals surface area contributed by atoms with E-state index in [9.17, 15) is 0 Å². The maximum atomic E-state index is 3.79. The third-order valence-electron chi connectivity index (χ3n) is 8.62. The van der Waals surface area contributed by atoms with E-state index in [0.717, 1.165) is 0 Å². The van der Waals surface area contributed by atoms with Crippen LogP contribution in [0.4, 0.5) is 22.7 Å². The van der Waals surface area contributed by atoms with E-state index in [1.165, 1.54) is 77.0 Å². The standard InChI is InChI=1S/C36H26N4/c1-5-13-27-23(9-1)24-10-2-6-14-28(24)32-31(27)37-35(38-32)21-17-19-22(20-18-21)36-39-33-29-15-7-3-11-25(29)26-12-4-8-16-30(26)34(33)40-36/h1-20,35-40H. The molecule has 0 fully saturated rings. The van der Waals surface area contributed by atoms with Gasteiger partial charge in [-0.05, 0) is 32.7 Å². The molecule has 4 heteroatoms. The minimum atomic E-state index is 0.00726. The fourth-order valence-corrected chi connectivity index (χ4v) is 6.75. The molecule has 0 aliphatic carbocycles. The third kappa shape index (κ3) is 3.02. The lowest BCUT2D eigenvalue weighted by molar-refractivity contribution is 0.917. The topological polar surface area (TPSA) is 48.1 Å². The minimum Gasteiger partial charge on any atom is -0.359 e. The van der Waals surface area contributed by atoms with Gasteiger partial charge in [-0.2, -0.15) is 0 Å². The van der Waals surface area contributed by atoms with Gasteiger partial charge in [-0.3, -0.25) is 0 Å². The van der Waals surface area contributed by atoms with Gasteiger partial charge >= 0.3 is 0 Å². The van der Waals surface area contributed by atoms with Crippen LogP contribution in [-0.2, 0) is 0 Å². The SMILES string of the molecule is c1ccc2c(c1)c1c(c3ccccc32)NC(c2ccc(C3Nc4c(c5ccccc5c5ccccc45)N3)cc2)N1. The van der Waals surface area contributed by atoms with Crippen LogP contribution in [0.3, 0.4) is 0 Å². The fourth-order valence-electron chi connectivity index (χ4n) is 6.75. The Morgan fingerprint density at radius 3 is 0.750 bits per heavy atom. The molecule has 7 aromatic carbocycles. The van der Waals surface area contributed by atoms with Crippen LogP contribution < -0.4 is 21.3 Å². The Bertz CT molecular complexity index is 1850. The zero-order valence-electron chi connectivity index (χ0n) is 21.7. The Morgan fingerprint density at radius 2 is 0.500 bits per heavy atom. The summed E-state index contributed by atoms with van der Waals surface area (Å²) in [5.74, 6) is 0. The molecule has 0 saturated carbocycles. The monoisotopic (exact) mass is 514 g/mol. The molecule has 190 valence electrons. The number of anilines is 4. The third-order valence-corrected chi connectivity index (χ3v) is 8.62. The lowest BCUT2D eigenvalue weighted by Crippen LogP contribution is -2.14. The van der Waals surface area contributed by atoms with E-state index >= 15 is 0 Å². The van der Waals surface area contributed by atoms with Crippen molar-refractivity contribution in [2.45, 2.75) is 12.3 Å². The van der Waals surface area contributed by atoms with Gasteiger partial charge < -0.3 is 21.3 Å². The summed E-state index contributed by atoms with van der Waals surface area (Å²) in [6.45, 7) is 0. The highest BCUT2D eigenvalue weighted by molar-refractivity contribution is 6.22. The van der Waals surface area contributed by atoms with Crippen molar-refractivity contribution in [3.05, 3.63) is 132 Å². The number of hydrogen-bond acceptors (Lipinski definition) is 4. The molecule has 4 N–H and O–H groups in total. The van der Waals surface area contributed by atoms with Gasteiger partial charge in [-0.1, -0.05) is 121 Å². The molecule has 0 aromatic heterocycles. The van der Waals surface area contributed by atoms with Crippen molar-refractivity contribution in [1.29, 1.82) is 0 Å². The van der Waals surface area contributed by atoms with Crippen LogP contribution in [0, 0.1) is 0 Å². The van der Waals surface area contributed by atoms with Crippen molar-refractivity contribution in [3.63, 3.8) is 0 Å². The molecule has 0 amide bonds. The van der Waals surface area contributed by atoms with Crippen LogP contribution in [0.2, 0.25) is 0 Å². The Labute approximate surface area is 231 Å². The van der Waals surface area contributed by atoms with Crippen molar-refractivity contribution in [2.75, 3.05) is 21.3 Å². The highest BCUT2D eigenvalue weighted by Gasteiger charge is 2.28. The first-order chi connectivity index (χ1) is 19.8. The van der Waals surface area contributed by atoms with Crippen LogP contribution in [0.25, 0.3) is 43.1 Å². The molecular formula is C36H26N4. The molecule has 2 heterocycles. The average molecular weight is 515 g/mol. The number of benzene rings is 7. The van der Waals surface area contributed by atoms with Crippen molar-refractivity contribution in [1.82, 2.24) is 0 Å². The van der Waals surface area contributed by atoms with E-state index in [1.54, 1.807) is 0 Å². The van der Waals surface area contributed by atoms with Gasteiger partial charge in [0.1, 0.15) is 12.3 Å². The van der Waals surface area contributed by atoms with E-state index < -0.39 is 0 Å². The summed E-state index contributed by atoms with van der Waals surface area (Å²) in [6, 6.07) is 43.6. The smallest absolute Gasteiger partial charge is 0.123 e. The van der Waals surface area contributed by atoms with Crippen LogP contribution in [0.15, 0.2) is 121 Å². The second-order valence-corrected chi connectivity index (χ2v) is 10.8. The largest absolute Gasteiger partial charge is 0.359 e. The lowest BCUT2D eigenvalue weighted by atomic mass is 9.99. The van der Waals surface area contributed by atoms with E-state index in [-0.39, 0.29) is 12.3 Å². The summed E-state index contributed by atoms with van der Waals surface area (Å²) in [5.41, 5.74) is 7.13. The molecule has 0 atom stereocenters. The highest BCUT2D eigenvalue weighted by Crippen LogP contribution is 2.48. The molecule has 0 unspecified atom stereocenters. The lowest BCUT2D eigenvalue weighted by Gasteiger charge is -2.16. The molecule has 7 aromatic rings. The van der Waals surface area contributed by atoms with E-state index in [2.05, 4.69) is 143 Å². The molecule has 0 radical (unpaired) electrons. The molecule has 9 rings (SSSR count). The molecule has 0 bridgehead atoms. The first-order valence-electron chi connectivity index (χ1n) is 13.9. The summed E-state index contributed by atoms with van der Waals surface area (Å²) >= 11 is 0. The molecular weight excluding hydrogens is 488 g/mol. The van der Waals surface area contributed by atoms with Crippen molar-refractivity contribution in [2.24, 2.45) is 0 Å². The van der Waals surface area contributed by atoms with Gasteiger partial charge in [-0.25, -0.2) is 0 Å². The van der Waals surface area contributed by atoms with Crippen LogP contribution in [-0.4, -0.2) is 0 Å². The van der Waals surface area contributed by atoms with Crippen LogP contribution in [0.5, 0.6) is 0 Å². The van der Waals surface area contributed by atoms with Crippen LogP contribution >= 0.6 is 0 Å². The normalized spacial score (nSPS) is 14.6. The maximum Gasteiger partial charge on any atom is 0.123 e. The average Bonchev–Trinajstić information content (AvgIpc) is 3.68. The first-order valence-corrected chi connectivity index (χ1v) is 13.9. The van der Waals surface area contributed by atoms with Gasteiger partial charge in [0.25, 0.3) is 0 Å². The fraction of sp³-hybridized carbons (Fsp3) is 0.0556. The van der Waals surface area contributed by atoms with Crippen LogP contribution in [0.1, 0.15) is 23.5 Å². The molecule has 40 heavy (non-hydrogen) atoms. The second kappa shape index (κ2) is 8.14. The van der Waals surface area contributed by atoms with Crippen molar-refractivity contribution < 1.29 is 0 Å². The summed E-state index contributed by atoms with van der Waals surface area (Å²) in [4.78, 5) is 0. The zero-order chi connectivity index (χ0) is 26.2. The van der Waals surface area contributed by atoms with Gasteiger partial charge in [-0.15, -0.1) is 0 Å². The van der Waals surface area contributed by atoms with Crippen molar-refractivity contribution >= 4 is 65.8 Å². The Balaban J connectivity index is 1.06. The first kappa shape index (κ1) is 21.7. The summed E-state index contributed by atoms with van der Waals surface area (Å²) in [5, 5.41) is 25.3. The summed E-state index contributed by atoms with van der Waals surface area (Å²) in [6.07, 6.45) is 0.0145. The zero-order valence-corrected chi connectivity index (χ0v) is 21.7. The predicted octanol–water partition coefficient (Wildman–Crippen LogP) is 9.37. The number of fused-ring (bicyclic) bond motifs is 12. The summed E-state index contributed by atoms with van der Waals surface area (Å²) < 4.78 is 0. The number of nitrogens with one attached hydrogen (secondary N) is 4. The van der Waals surface area contributed by atoms with E-state index in [0.29, 0.717) is 0 Å². The Kier molecular flexibility index (Phi) is 4.41. The quantitative estimate of drug-likeness (QED) is 0.174. The number of rotatable bonds is 2. The molecule has 2 aliphatic rings. The van der Waals surface area contributed by atoms with E-state index in [4.69, 9.17) is 0 Å². The molecule has 0 saturated heterocycles. The second-order valence-electron chi connectivity index (χ2n) is 10.8. The molecule has 2 aliphatic heterocycles. The van der Waals surface area contributed by atoms with Crippen molar-refractivity contribution in [3.8, 4) is 0 Å². The van der Waals surface area contributed by atoms with Gasteiger partial charge in [0.2, 0.25) is 0 Å². The highest BCUT2D eigenvalue weighted by atomic mass is 15.2.